The number of thiophene rings is 1. The number of benzene rings is 2. The quantitative estimate of drug-likeness (QED) is 0.219. The Kier molecular flexibility index (Phi) is 10.1. The molecule has 158 valence electrons. The first kappa shape index (κ1) is 22.3. The summed E-state index contributed by atoms with van der Waals surface area (Å²) in [4.78, 5) is 0. The molecule has 0 saturated carbocycles. The molecule has 1 heterocycles. The van der Waals surface area contributed by atoms with Gasteiger partial charge in [0.25, 0.3) is 0 Å². The lowest BCUT2D eigenvalue weighted by molar-refractivity contribution is 0.535. The van der Waals surface area contributed by atoms with Crippen LogP contribution < -0.4 is 0 Å². The van der Waals surface area contributed by atoms with Crippen LogP contribution >= 0.6 is 11.3 Å². The van der Waals surface area contributed by atoms with E-state index in [1.165, 1.54) is 116 Å². The van der Waals surface area contributed by atoms with Gasteiger partial charge in [0.2, 0.25) is 0 Å². The van der Waals surface area contributed by atoms with E-state index in [2.05, 4.69) is 49.4 Å². The van der Waals surface area contributed by atoms with Gasteiger partial charge in [-0.2, -0.15) is 0 Å². The average molecular weight is 409 g/mol. The molecule has 0 bridgehead atoms. The number of unbranched alkanes of at least 4 members (excludes halogenated alkanes) is 13. The Bertz CT molecular complexity index is 829. The Labute approximate surface area is 182 Å². The van der Waals surface area contributed by atoms with Crippen molar-refractivity contribution >= 4 is 31.5 Å². The van der Waals surface area contributed by atoms with Gasteiger partial charge in [-0.05, 0) is 30.5 Å². The van der Waals surface area contributed by atoms with Crippen LogP contribution in [0.1, 0.15) is 102 Å². The molecular formula is C28H40S. The predicted octanol–water partition coefficient (Wildman–Crippen LogP) is 10.1. The summed E-state index contributed by atoms with van der Waals surface area (Å²) in [6.07, 6.45) is 21.3. The zero-order valence-electron chi connectivity index (χ0n) is 18.6. The minimum absolute atomic E-state index is 1.23. The number of hydrogen-bond donors (Lipinski definition) is 0. The summed E-state index contributed by atoms with van der Waals surface area (Å²) in [5.74, 6) is 0. The molecule has 3 rings (SSSR count). The molecule has 0 aliphatic rings. The number of hydrogen-bond acceptors (Lipinski definition) is 1. The van der Waals surface area contributed by atoms with Crippen LogP contribution in [-0.4, -0.2) is 0 Å². The number of aryl methyl sites for hydroxylation is 1. The van der Waals surface area contributed by atoms with Crippen LogP contribution in [0.4, 0.5) is 0 Å². The highest BCUT2D eigenvalue weighted by molar-refractivity contribution is 7.25. The fourth-order valence-corrected chi connectivity index (χ4v) is 5.72. The van der Waals surface area contributed by atoms with E-state index in [1.54, 1.807) is 5.56 Å². The Hall–Kier alpha value is -1.34. The Balaban J connectivity index is 1.26. The van der Waals surface area contributed by atoms with Crippen LogP contribution in [0.3, 0.4) is 0 Å². The third kappa shape index (κ3) is 7.14. The third-order valence-corrected chi connectivity index (χ3v) is 7.42. The van der Waals surface area contributed by atoms with Crippen LogP contribution in [0.2, 0.25) is 0 Å². The molecule has 0 spiro atoms. The van der Waals surface area contributed by atoms with Gasteiger partial charge in [0, 0.05) is 20.2 Å². The summed E-state index contributed by atoms with van der Waals surface area (Å²) in [6, 6.07) is 15.8. The molecule has 0 nitrogen and oxygen atoms in total. The van der Waals surface area contributed by atoms with Crippen molar-refractivity contribution < 1.29 is 0 Å². The first-order valence-corrected chi connectivity index (χ1v) is 13.1. The highest BCUT2D eigenvalue weighted by atomic mass is 32.1. The van der Waals surface area contributed by atoms with Gasteiger partial charge in [-0.1, -0.05) is 121 Å². The van der Waals surface area contributed by atoms with Crippen molar-refractivity contribution in [2.75, 3.05) is 0 Å². The summed E-state index contributed by atoms with van der Waals surface area (Å²) in [5, 5.41) is 2.97. The van der Waals surface area contributed by atoms with Gasteiger partial charge < -0.3 is 0 Å². The molecule has 0 aliphatic heterocycles. The smallest absolute Gasteiger partial charge is 0.0358 e. The zero-order chi connectivity index (χ0) is 20.2. The fourth-order valence-electron chi connectivity index (χ4n) is 4.57. The van der Waals surface area contributed by atoms with Crippen LogP contribution in [0.5, 0.6) is 0 Å². The molecule has 0 N–H and O–H groups in total. The van der Waals surface area contributed by atoms with Crippen LogP contribution in [0.25, 0.3) is 20.2 Å². The van der Waals surface area contributed by atoms with E-state index in [4.69, 9.17) is 0 Å². The first-order valence-electron chi connectivity index (χ1n) is 12.3. The summed E-state index contributed by atoms with van der Waals surface area (Å²) in [5.41, 5.74) is 1.55. The van der Waals surface area contributed by atoms with Crippen molar-refractivity contribution in [3.8, 4) is 0 Å². The zero-order valence-corrected chi connectivity index (χ0v) is 19.4. The lowest BCUT2D eigenvalue weighted by atomic mass is 10.00. The average Bonchev–Trinajstić information content (AvgIpc) is 3.13. The van der Waals surface area contributed by atoms with Gasteiger partial charge in [0.05, 0.1) is 0 Å². The topological polar surface area (TPSA) is 0 Å². The maximum Gasteiger partial charge on any atom is 0.0358 e. The van der Waals surface area contributed by atoms with E-state index in [1.807, 2.05) is 11.3 Å². The summed E-state index contributed by atoms with van der Waals surface area (Å²) in [7, 11) is 0. The maximum absolute atomic E-state index is 2.35. The molecule has 0 atom stereocenters. The SMILES string of the molecule is CCCCCCCCCCCCCCCCc1cccc2sc3ccccc3c12. The lowest BCUT2D eigenvalue weighted by Crippen LogP contribution is -1.88. The molecule has 3 aromatic rings. The van der Waals surface area contributed by atoms with Crippen molar-refractivity contribution in [3.05, 3.63) is 48.0 Å². The van der Waals surface area contributed by atoms with Crippen molar-refractivity contribution in [1.82, 2.24) is 0 Å². The third-order valence-electron chi connectivity index (χ3n) is 6.29. The van der Waals surface area contributed by atoms with Crippen molar-refractivity contribution in [2.24, 2.45) is 0 Å². The minimum Gasteiger partial charge on any atom is -0.135 e. The predicted molar refractivity (Wildman–Crippen MR) is 133 cm³/mol. The molecule has 29 heavy (non-hydrogen) atoms. The van der Waals surface area contributed by atoms with Gasteiger partial charge in [-0.15, -0.1) is 11.3 Å². The second-order valence-electron chi connectivity index (χ2n) is 8.73. The van der Waals surface area contributed by atoms with E-state index >= 15 is 0 Å². The van der Waals surface area contributed by atoms with Crippen molar-refractivity contribution in [2.45, 2.75) is 103 Å². The highest BCUT2D eigenvalue weighted by Crippen LogP contribution is 2.36. The van der Waals surface area contributed by atoms with Gasteiger partial charge in [-0.25, -0.2) is 0 Å². The van der Waals surface area contributed by atoms with Crippen molar-refractivity contribution in [3.63, 3.8) is 0 Å². The Morgan fingerprint density at radius 3 is 1.76 bits per heavy atom. The molecule has 2 aromatic carbocycles. The normalized spacial score (nSPS) is 11.6. The van der Waals surface area contributed by atoms with Gasteiger partial charge >= 0.3 is 0 Å². The highest BCUT2D eigenvalue weighted by Gasteiger charge is 2.08. The lowest BCUT2D eigenvalue weighted by Gasteiger charge is -2.05. The second kappa shape index (κ2) is 13.1. The first-order chi connectivity index (χ1) is 14.4. The van der Waals surface area contributed by atoms with E-state index < -0.39 is 0 Å². The molecule has 0 amide bonds. The largest absolute Gasteiger partial charge is 0.135 e. The van der Waals surface area contributed by atoms with E-state index in [0.717, 1.165) is 0 Å². The monoisotopic (exact) mass is 408 g/mol. The standard InChI is InChI=1S/C28H40S/c1-2-3-4-5-6-7-8-9-10-11-12-13-14-15-19-24-20-18-23-27-28(24)25-21-16-17-22-26(25)29-27/h16-18,20-23H,2-15,19H2,1H3. The molecule has 1 aromatic heterocycles. The number of fused-ring (bicyclic) bond motifs is 3. The summed E-state index contributed by atoms with van der Waals surface area (Å²) < 4.78 is 2.88. The number of rotatable bonds is 15. The van der Waals surface area contributed by atoms with Gasteiger partial charge in [0.1, 0.15) is 0 Å². The molecule has 0 radical (unpaired) electrons. The molecular weight excluding hydrogens is 368 g/mol. The minimum atomic E-state index is 1.23. The van der Waals surface area contributed by atoms with Crippen LogP contribution in [0.15, 0.2) is 42.5 Å². The van der Waals surface area contributed by atoms with Gasteiger partial charge in [0.15, 0.2) is 0 Å². The van der Waals surface area contributed by atoms with Crippen molar-refractivity contribution in [1.29, 1.82) is 0 Å². The van der Waals surface area contributed by atoms with E-state index in [0.29, 0.717) is 0 Å². The Morgan fingerprint density at radius 1 is 0.552 bits per heavy atom. The molecule has 1 heteroatoms. The Morgan fingerprint density at radius 2 is 1.10 bits per heavy atom. The van der Waals surface area contributed by atoms with Gasteiger partial charge in [-0.3, -0.25) is 0 Å². The summed E-state index contributed by atoms with van der Waals surface area (Å²) >= 11 is 1.94. The van der Waals surface area contributed by atoms with Crippen LogP contribution in [-0.2, 0) is 6.42 Å². The molecule has 0 aliphatic carbocycles. The molecule has 0 saturated heterocycles. The van der Waals surface area contributed by atoms with E-state index in [-0.39, 0.29) is 0 Å². The molecule has 0 unspecified atom stereocenters. The van der Waals surface area contributed by atoms with E-state index in [9.17, 15) is 0 Å². The molecule has 0 fully saturated rings. The summed E-state index contributed by atoms with van der Waals surface area (Å²) in [6.45, 7) is 2.30. The fraction of sp³-hybridized carbons (Fsp3) is 0.571. The van der Waals surface area contributed by atoms with Crippen LogP contribution in [0, 0.1) is 0 Å². The maximum atomic E-state index is 2.35. The second-order valence-corrected chi connectivity index (χ2v) is 9.82.